The summed E-state index contributed by atoms with van der Waals surface area (Å²) in [6, 6.07) is 6.79. The van der Waals surface area contributed by atoms with Gasteiger partial charge in [-0.2, -0.15) is 19.8 Å². The molecule has 0 saturated carbocycles. The molecule has 12 heteroatoms. The van der Waals surface area contributed by atoms with Crippen molar-refractivity contribution in [1.29, 1.82) is 0 Å². The Balaban J connectivity index is 1.47. The fraction of sp³-hybridized carbons (Fsp3) is 0.360. The Morgan fingerprint density at radius 2 is 2.05 bits per heavy atom. The van der Waals surface area contributed by atoms with E-state index in [1.807, 2.05) is 32.0 Å². The molecule has 2 amide bonds. The van der Waals surface area contributed by atoms with Crippen molar-refractivity contribution in [3.05, 3.63) is 77.6 Å². The molecule has 1 aliphatic rings. The summed E-state index contributed by atoms with van der Waals surface area (Å²) >= 11 is 0. The first-order valence-electron chi connectivity index (χ1n) is 12.0. The van der Waals surface area contributed by atoms with E-state index in [0.717, 1.165) is 5.52 Å². The van der Waals surface area contributed by atoms with Crippen LogP contribution in [0.15, 0.2) is 48.9 Å². The number of pyridine rings is 2. The van der Waals surface area contributed by atoms with Crippen LogP contribution in [0.4, 0.5) is 8.78 Å². The lowest BCUT2D eigenvalue weighted by Gasteiger charge is -2.26. The Morgan fingerprint density at radius 3 is 2.78 bits per heavy atom. The average molecular weight is 509 g/mol. The third-order valence-electron chi connectivity index (χ3n) is 6.50. The molecule has 192 valence electrons. The third-order valence-corrected chi connectivity index (χ3v) is 6.50. The van der Waals surface area contributed by atoms with Crippen molar-refractivity contribution >= 4 is 17.3 Å². The fourth-order valence-electron chi connectivity index (χ4n) is 4.61. The Bertz CT molecular complexity index is 1420. The predicted molar refractivity (Wildman–Crippen MR) is 129 cm³/mol. The van der Waals surface area contributed by atoms with Gasteiger partial charge in [-0.3, -0.25) is 9.59 Å². The minimum atomic E-state index is -1.36. The fourth-order valence-corrected chi connectivity index (χ4v) is 4.61. The van der Waals surface area contributed by atoms with Crippen LogP contribution in [-0.4, -0.2) is 65.3 Å². The molecule has 1 aliphatic heterocycles. The molecule has 5 rings (SSSR count). The number of likely N-dealkylation sites (tertiary alicyclic amines) is 1. The zero-order chi connectivity index (χ0) is 26.1. The molecular formula is C25H26F2N8O2. The quantitative estimate of drug-likeness (QED) is 0.370. The van der Waals surface area contributed by atoms with Gasteiger partial charge in [0.2, 0.25) is 17.8 Å². The van der Waals surface area contributed by atoms with E-state index >= 15 is 0 Å². The van der Waals surface area contributed by atoms with Gasteiger partial charge in [0.15, 0.2) is 0 Å². The van der Waals surface area contributed by atoms with Crippen LogP contribution in [0.3, 0.4) is 0 Å². The maximum Gasteiger partial charge on any atom is 0.243 e. The number of hydrogen-bond acceptors (Lipinski definition) is 6. The highest BCUT2D eigenvalue weighted by molar-refractivity contribution is 5.89. The van der Waals surface area contributed by atoms with E-state index in [1.54, 1.807) is 28.9 Å². The summed E-state index contributed by atoms with van der Waals surface area (Å²) < 4.78 is 31.1. The zero-order valence-corrected chi connectivity index (χ0v) is 20.3. The van der Waals surface area contributed by atoms with Gasteiger partial charge in [-0.05, 0) is 24.1 Å². The van der Waals surface area contributed by atoms with Crippen LogP contribution >= 0.6 is 0 Å². The Morgan fingerprint density at radius 1 is 1.22 bits per heavy atom. The van der Waals surface area contributed by atoms with Gasteiger partial charge in [-0.1, -0.05) is 26.0 Å². The summed E-state index contributed by atoms with van der Waals surface area (Å²) in [4.78, 5) is 36.2. The third kappa shape index (κ3) is 4.91. The molecule has 0 spiro atoms. The van der Waals surface area contributed by atoms with Crippen LogP contribution in [-0.2, 0) is 16.0 Å². The largest absolute Gasteiger partial charge is 0.339 e. The molecule has 3 atom stereocenters. The minimum absolute atomic E-state index is 0.0777. The van der Waals surface area contributed by atoms with Gasteiger partial charge >= 0.3 is 0 Å². The lowest BCUT2D eigenvalue weighted by Crippen LogP contribution is -2.47. The molecule has 4 aromatic heterocycles. The van der Waals surface area contributed by atoms with Crippen molar-refractivity contribution in [2.75, 3.05) is 6.54 Å². The summed E-state index contributed by atoms with van der Waals surface area (Å²) in [6.07, 6.45) is 3.18. The van der Waals surface area contributed by atoms with Gasteiger partial charge in [0.05, 0.1) is 42.3 Å². The van der Waals surface area contributed by atoms with Crippen molar-refractivity contribution in [3.8, 4) is 0 Å². The van der Waals surface area contributed by atoms with Gasteiger partial charge in [-0.25, -0.2) is 14.4 Å². The number of rotatable bonds is 7. The number of nitrogens with zero attached hydrogens (tertiary/aromatic N) is 6. The molecule has 2 N–H and O–H groups in total. The highest BCUT2D eigenvalue weighted by Gasteiger charge is 2.41. The number of carbonyl (C=O) groups excluding carboxylic acids is 2. The number of H-pyrrole nitrogens is 1. The Kier molecular flexibility index (Phi) is 6.64. The van der Waals surface area contributed by atoms with E-state index in [0.29, 0.717) is 17.1 Å². The number of nitrogens with one attached hydrogen (secondary N) is 2. The van der Waals surface area contributed by atoms with Crippen LogP contribution in [0.1, 0.15) is 55.0 Å². The Hall–Kier alpha value is -4.22. The van der Waals surface area contributed by atoms with E-state index in [2.05, 4.69) is 30.7 Å². The molecule has 0 bridgehead atoms. The monoisotopic (exact) mass is 508 g/mol. The summed E-state index contributed by atoms with van der Waals surface area (Å²) in [5.41, 5.74) is 1.84. The van der Waals surface area contributed by atoms with Crippen molar-refractivity contribution in [1.82, 2.24) is 40.0 Å². The van der Waals surface area contributed by atoms with Crippen molar-refractivity contribution < 1.29 is 18.4 Å². The first kappa shape index (κ1) is 24.5. The molecule has 0 radical (unpaired) electrons. The normalized spacial score (nSPS) is 18.5. The van der Waals surface area contributed by atoms with Crippen molar-refractivity contribution in [2.45, 2.75) is 50.9 Å². The van der Waals surface area contributed by atoms with Gasteiger partial charge in [0.1, 0.15) is 24.1 Å². The highest BCUT2D eigenvalue weighted by Crippen LogP contribution is 2.27. The summed E-state index contributed by atoms with van der Waals surface area (Å²) in [5.74, 6) is -1.33. The maximum atomic E-state index is 14.9. The number of alkyl halides is 1. The molecule has 1 fully saturated rings. The Labute approximate surface area is 211 Å². The van der Waals surface area contributed by atoms with Crippen LogP contribution in [0, 0.1) is 5.95 Å². The lowest BCUT2D eigenvalue weighted by molar-refractivity contribution is -0.138. The second kappa shape index (κ2) is 10.0. The standard InChI is InChI=1S/C25H26F2N8O2/c1-14(2)18-6-7-19(30-23(18)27)22(24-28-12-17-5-3-4-8-34(17)24)31-25(37)20-9-15(26)13-35(20)21(36)10-16-11-29-33-32-16/h3-8,11-12,14-15,20,22H,9-10,13H2,1-2H3,(H,31,37)(H,29,32,33)/t15-,20+,22-/m1/s1. The molecule has 1 saturated heterocycles. The van der Waals surface area contributed by atoms with E-state index in [9.17, 15) is 18.4 Å². The first-order chi connectivity index (χ1) is 17.8. The number of amides is 2. The molecule has 0 aliphatic carbocycles. The van der Waals surface area contributed by atoms with E-state index in [-0.39, 0.29) is 31.0 Å². The second-order valence-corrected chi connectivity index (χ2v) is 9.36. The van der Waals surface area contributed by atoms with Crippen LogP contribution < -0.4 is 5.32 Å². The van der Waals surface area contributed by atoms with Gasteiger partial charge < -0.3 is 14.6 Å². The van der Waals surface area contributed by atoms with E-state index in [1.165, 1.54) is 11.1 Å². The smallest absolute Gasteiger partial charge is 0.243 e. The van der Waals surface area contributed by atoms with Gasteiger partial charge in [0.25, 0.3) is 0 Å². The number of halogens is 2. The summed E-state index contributed by atoms with van der Waals surface area (Å²) in [6.45, 7) is 3.51. The minimum Gasteiger partial charge on any atom is -0.339 e. The summed E-state index contributed by atoms with van der Waals surface area (Å²) in [5, 5.41) is 12.8. The van der Waals surface area contributed by atoms with Crippen molar-refractivity contribution in [2.24, 2.45) is 0 Å². The summed E-state index contributed by atoms with van der Waals surface area (Å²) in [7, 11) is 0. The number of carbonyl (C=O) groups is 2. The molecular weight excluding hydrogens is 482 g/mol. The van der Waals surface area contributed by atoms with Crippen LogP contribution in [0.5, 0.6) is 0 Å². The van der Waals surface area contributed by atoms with Gasteiger partial charge in [-0.15, -0.1) is 0 Å². The zero-order valence-electron chi connectivity index (χ0n) is 20.3. The highest BCUT2D eigenvalue weighted by atomic mass is 19.1. The molecule has 4 aromatic rings. The number of aromatic amines is 1. The topological polar surface area (TPSA) is 121 Å². The number of hydrogen-bond donors (Lipinski definition) is 2. The second-order valence-electron chi connectivity index (χ2n) is 9.36. The van der Waals surface area contributed by atoms with Gasteiger partial charge in [0, 0.05) is 18.2 Å². The molecule has 10 nitrogen and oxygen atoms in total. The molecule has 0 unspecified atom stereocenters. The number of imidazole rings is 1. The van der Waals surface area contributed by atoms with Crippen LogP contribution in [0.2, 0.25) is 0 Å². The maximum absolute atomic E-state index is 14.9. The number of fused-ring (bicyclic) bond motifs is 1. The van der Waals surface area contributed by atoms with E-state index < -0.39 is 36.0 Å². The first-order valence-corrected chi connectivity index (χ1v) is 12.0. The predicted octanol–water partition coefficient (Wildman–Crippen LogP) is 2.50. The van der Waals surface area contributed by atoms with Crippen LogP contribution in [0.25, 0.3) is 5.52 Å². The van der Waals surface area contributed by atoms with Crippen molar-refractivity contribution in [3.63, 3.8) is 0 Å². The molecule has 0 aromatic carbocycles. The average Bonchev–Trinajstić information content (AvgIpc) is 3.62. The van der Waals surface area contributed by atoms with E-state index in [4.69, 9.17) is 0 Å². The SMILES string of the molecule is CC(C)c1ccc([C@@H](NC(=O)[C@@H]2C[C@@H](F)CN2C(=O)Cc2cn[nH]n2)c2ncc3ccccn23)nc1F. The number of aromatic nitrogens is 6. The molecule has 5 heterocycles. The lowest BCUT2D eigenvalue weighted by atomic mass is 10.0. The molecule has 37 heavy (non-hydrogen) atoms.